The molecule has 1 amide bonds. The predicted molar refractivity (Wildman–Crippen MR) is 106 cm³/mol. The van der Waals surface area contributed by atoms with Crippen molar-refractivity contribution in [2.45, 2.75) is 46.1 Å². The first kappa shape index (κ1) is 19.5. The van der Waals surface area contributed by atoms with E-state index in [1.807, 2.05) is 39.8 Å². The third-order valence-corrected chi connectivity index (χ3v) is 5.47. The molecule has 0 saturated heterocycles. The number of halogens is 1. The molecule has 0 radical (unpaired) electrons. The molecule has 0 aliphatic carbocycles. The fraction of sp³-hybridized carbons (Fsp3) is 0.368. The molecule has 0 bridgehead atoms. The Kier molecular flexibility index (Phi) is 5.62. The SMILES string of the molecule is CCCc1nc(C(C)(C)NC(=O)c2sc(-c3ccc(Cl)cc3)nc2C)no1. The van der Waals surface area contributed by atoms with Gasteiger partial charge in [0.15, 0.2) is 5.82 Å². The van der Waals surface area contributed by atoms with Gasteiger partial charge >= 0.3 is 0 Å². The first-order valence-electron chi connectivity index (χ1n) is 8.69. The minimum atomic E-state index is -0.760. The Labute approximate surface area is 167 Å². The molecule has 0 fully saturated rings. The van der Waals surface area contributed by atoms with Crippen molar-refractivity contribution in [3.05, 3.63) is 51.6 Å². The van der Waals surface area contributed by atoms with Crippen molar-refractivity contribution in [2.75, 3.05) is 0 Å². The van der Waals surface area contributed by atoms with Gasteiger partial charge in [0.05, 0.1) is 11.2 Å². The molecule has 2 heterocycles. The van der Waals surface area contributed by atoms with E-state index in [1.165, 1.54) is 11.3 Å². The standard InChI is InChI=1S/C19H21ClN4O2S/c1-5-6-14-22-18(24-26-14)19(3,4)23-16(25)15-11(2)21-17(27-15)12-7-9-13(20)10-8-12/h7-10H,5-6H2,1-4H3,(H,23,25). The van der Waals surface area contributed by atoms with Crippen molar-refractivity contribution in [1.29, 1.82) is 0 Å². The zero-order valence-electron chi connectivity index (χ0n) is 15.7. The highest BCUT2D eigenvalue weighted by atomic mass is 35.5. The number of rotatable bonds is 6. The van der Waals surface area contributed by atoms with E-state index in [0.717, 1.165) is 23.4 Å². The van der Waals surface area contributed by atoms with Crippen LogP contribution in [0.2, 0.25) is 5.02 Å². The van der Waals surface area contributed by atoms with Gasteiger partial charge < -0.3 is 9.84 Å². The second kappa shape index (κ2) is 7.78. The molecule has 0 saturated carbocycles. The van der Waals surface area contributed by atoms with Crippen molar-refractivity contribution in [3.8, 4) is 10.6 Å². The average Bonchev–Trinajstić information content (AvgIpc) is 3.23. The molecule has 0 aliphatic rings. The molecule has 6 nitrogen and oxygen atoms in total. The first-order valence-corrected chi connectivity index (χ1v) is 9.88. The summed E-state index contributed by atoms with van der Waals surface area (Å²) in [7, 11) is 0. The van der Waals surface area contributed by atoms with Crippen LogP contribution in [-0.2, 0) is 12.0 Å². The molecular weight excluding hydrogens is 384 g/mol. The zero-order valence-corrected chi connectivity index (χ0v) is 17.2. The third-order valence-electron chi connectivity index (χ3n) is 4.01. The van der Waals surface area contributed by atoms with Crippen molar-refractivity contribution in [1.82, 2.24) is 20.4 Å². The van der Waals surface area contributed by atoms with Gasteiger partial charge in [0.25, 0.3) is 5.91 Å². The molecule has 2 aromatic heterocycles. The molecule has 3 rings (SSSR count). The summed E-state index contributed by atoms with van der Waals surface area (Å²) in [6.07, 6.45) is 1.64. The number of benzene rings is 1. The number of carbonyl (C=O) groups excluding carboxylic acids is 1. The number of carbonyl (C=O) groups is 1. The van der Waals surface area contributed by atoms with E-state index >= 15 is 0 Å². The van der Waals surface area contributed by atoms with E-state index in [0.29, 0.717) is 27.3 Å². The van der Waals surface area contributed by atoms with E-state index in [-0.39, 0.29) is 5.91 Å². The number of hydrogen-bond donors (Lipinski definition) is 1. The van der Waals surface area contributed by atoms with Gasteiger partial charge in [0.1, 0.15) is 9.88 Å². The lowest BCUT2D eigenvalue weighted by Gasteiger charge is -2.21. The summed E-state index contributed by atoms with van der Waals surface area (Å²) in [4.78, 5) is 22.3. The molecule has 1 aromatic carbocycles. The molecule has 0 unspecified atom stereocenters. The van der Waals surface area contributed by atoms with Crippen LogP contribution in [0.3, 0.4) is 0 Å². The first-order chi connectivity index (χ1) is 12.8. The van der Waals surface area contributed by atoms with Gasteiger partial charge in [-0.1, -0.05) is 35.8 Å². The highest BCUT2D eigenvalue weighted by Gasteiger charge is 2.30. The number of nitrogens with one attached hydrogen (secondary N) is 1. The van der Waals surface area contributed by atoms with Crippen LogP contribution in [0.25, 0.3) is 10.6 Å². The van der Waals surface area contributed by atoms with E-state index in [4.69, 9.17) is 16.1 Å². The normalized spacial score (nSPS) is 11.6. The Morgan fingerprint density at radius 1 is 1.26 bits per heavy atom. The largest absolute Gasteiger partial charge is 0.339 e. The molecule has 142 valence electrons. The van der Waals surface area contributed by atoms with Crippen LogP contribution in [-0.4, -0.2) is 21.0 Å². The maximum atomic E-state index is 12.8. The zero-order chi connectivity index (χ0) is 19.6. The Bertz CT molecular complexity index is 947. The molecule has 8 heteroatoms. The second-order valence-electron chi connectivity index (χ2n) is 6.78. The van der Waals surface area contributed by atoms with Crippen LogP contribution in [0.1, 0.15) is 54.3 Å². The summed E-state index contributed by atoms with van der Waals surface area (Å²) in [5.74, 6) is 0.824. The van der Waals surface area contributed by atoms with Crippen LogP contribution in [0.4, 0.5) is 0 Å². The Morgan fingerprint density at radius 3 is 2.63 bits per heavy atom. The van der Waals surface area contributed by atoms with Gasteiger partial charge in [0, 0.05) is 17.0 Å². The molecule has 0 spiro atoms. The summed E-state index contributed by atoms with van der Waals surface area (Å²) in [6.45, 7) is 7.57. The van der Waals surface area contributed by atoms with E-state index in [2.05, 4.69) is 20.4 Å². The topological polar surface area (TPSA) is 80.9 Å². The van der Waals surface area contributed by atoms with Gasteiger partial charge in [-0.05, 0) is 39.3 Å². The van der Waals surface area contributed by atoms with Gasteiger partial charge in [0.2, 0.25) is 5.89 Å². The Morgan fingerprint density at radius 2 is 1.96 bits per heavy atom. The molecule has 0 atom stereocenters. The average molecular weight is 405 g/mol. The number of aryl methyl sites for hydroxylation is 2. The Balaban J connectivity index is 1.80. The van der Waals surface area contributed by atoms with Crippen molar-refractivity contribution in [3.63, 3.8) is 0 Å². The van der Waals surface area contributed by atoms with Crippen molar-refractivity contribution < 1.29 is 9.32 Å². The Hall–Kier alpha value is -2.25. The monoisotopic (exact) mass is 404 g/mol. The summed E-state index contributed by atoms with van der Waals surface area (Å²) in [5.41, 5.74) is 0.843. The van der Waals surface area contributed by atoms with Gasteiger partial charge in [-0.3, -0.25) is 4.79 Å². The van der Waals surface area contributed by atoms with Crippen LogP contribution in [0.5, 0.6) is 0 Å². The van der Waals surface area contributed by atoms with E-state index in [1.54, 1.807) is 12.1 Å². The van der Waals surface area contributed by atoms with E-state index in [9.17, 15) is 4.79 Å². The molecule has 0 aliphatic heterocycles. The third kappa shape index (κ3) is 4.36. The summed E-state index contributed by atoms with van der Waals surface area (Å²) < 4.78 is 5.24. The fourth-order valence-electron chi connectivity index (χ4n) is 2.54. The van der Waals surface area contributed by atoms with Gasteiger partial charge in [-0.2, -0.15) is 4.98 Å². The summed E-state index contributed by atoms with van der Waals surface area (Å²) >= 11 is 7.28. The molecule has 3 aromatic rings. The van der Waals surface area contributed by atoms with Crippen molar-refractivity contribution >= 4 is 28.8 Å². The predicted octanol–water partition coefficient (Wildman–Crippen LogP) is 4.77. The lowest BCUT2D eigenvalue weighted by molar-refractivity contribution is 0.0911. The van der Waals surface area contributed by atoms with Gasteiger partial charge in [-0.15, -0.1) is 11.3 Å². The number of aromatic nitrogens is 3. The van der Waals surface area contributed by atoms with Gasteiger partial charge in [-0.25, -0.2) is 4.98 Å². The highest BCUT2D eigenvalue weighted by Crippen LogP contribution is 2.29. The maximum absolute atomic E-state index is 12.8. The van der Waals surface area contributed by atoms with E-state index < -0.39 is 5.54 Å². The van der Waals surface area contributed by atoms with Crippen molar-refractivity contribution in [2.24, 2.45) is 0 Å². The maximum Gasteiger partial charge on any atom is 0.264 e. The molecular formula is C19H21ClN4O2S. The van der Waals surface area contributed by atoms with Crippen LogP contribution >= 0.6 is 22.9 Å². The summed E-state index contributed by atoms with van der Waals surface area (Å²) in [5, 5.41) is 8.43. The van der Waals surface area contributed by atoms with Crippen LogP contribution in [0, 0.1) is 6.92 Å². The molecule has 27 heavy (non-hydrogen) atoms. The second-order valence-corrected chi connectivity index (χ2v) is 8.22. The smallest absolute Gasteiger partial charge is 0.264 e. The quantitative estimate of drug-likeness (QED) is 0.639. The number of hydrogen-bond acceptors (Lipinski definition) is 6. The minimum Gasteiger partial charge on any atom is -0.339 e. The minimum absolute atomic E-state index is 0.211. The summed E-state index contributed by atoms with van der Waals surface area (Å²) in [6, 6.07) is 7.39. The van der Waals surface area contributed by atoms with Crippen LogP contribution in [0.15, 0.2) is 28.8 Å². The number of amides is 1. The molecule has 1 N–H and O–H groups in total. The fourth-order valence-corrected chi connectivity index (χ4v) is 3.64. The van der Waals surface area contributed by atoms with Crippen LogP contribution < -0.4 is 5.32 Å². The lowest BCUT2D eigenvalue weighted by Crippen LogP contribution is -2.41. The number of thiazole rings is 1. The lowest BCUT2D eigenvalue weighted by atomic mass is 10.0. The highest BCUT2D eigenvalue weighted by molar-refractivity contribution is 7.17. The number of nitrogens with zero attached hydrogens (tertiary/aromatic N) is 3.